The van der Waals surface area contributed by atoms with Crippen molar-refractivity contribution in [1.82, 2.24) is 0 Å². The lowest BCUT2D eigenvalue weighted by atomic mass is 9.64. The highest BCUT2D eigenvalue weighted by Gasteiger charge is 2.46. The third-order valence-corrected chi connectivity index (χ3v) is 4.59. The van der Waals surface area contributed by atoms with E-state index in [1.807, 2.05) is 6.92 Å². The van der Waals surface area contributed by atoms with Crippen LogP contribution in [-0.4, -0.2) is 24.1 Å². The molecule has 0 amide bonds. The molecule has 1 aliphatic heterocycles. The number of hydrogen-bond acceptors (Lipinski definition) is 4. The van der Waals surface area contributed by atoms with Crippen molar-refractivity contribution in [3.8, 4) is 0 Å². The van der Waals surface area contributed by atoms with Gasteiger partial charge in [0.25, 0.3) is 0 Å². The summed E-state index contributed by atoms with van der Waals surface area (Å²) in [4.78, 5) is 29.7. The molecule has 2 rings (SSSR count). The van der Waals surface area contributed by atoms with Crippen LogP contribution in [0.25, 0.3) is 0 Å². The molecule has 0 bridgehead atoms. The Morgan fingerprint density at radius 2 is 2.00 bits per heavy atom. The van der Waals surface area contributed by atoms with E-state index < -0.39 is 0 Å². The van der Waals surface area contributed by atoms with Crippen molar-refractivity contribution in [3.63, 3.8) is 0 Å². The molecule has 0 N–H and O–H groups in total. The van der Waals surface area contributed by atoms with Gasteiger partial charge >= 0.3 is 5.97 Å². The molecule has 1 aliphatic carbocycles. The van der Waals surface area contributed by atoms with E-state index in [4.69, 9.17) is 4.74 Å². The Balaban J connectivity index is 2.46. The summed E-state index contributed by atoms with van der Waals surface area (Å²) in [6.45, 7) is 10.3. The smallest absolute Gasteiger partial charge is 0.336 e. The number of Topliss-reactive ketones (excluding diaryl/α,β-unsaturated/α-hetero) is 1. The highest BCUT2D eigenvalue weighted by atomic mass is 16.5. The van der Waals surface area contributed by atoms with Crippen LogP contribution in [0.3, 0.4) is 0 Å². The number of hydrogen-bond donors (Lipinski definition) is 0. The van der Waals surface area contributed by atoms with Crippen LogP contribution in [-0.2, 0) is 14.3 Å². The minimum absolute atomic E-state index is 0.0368. The van der Waals surface area contributed by atoms with Crippen molar-refractivity contribution in [3.05, 3.63) is 11.3 Å². The average Bonchev–Trinajstić information content (AvgIpc) is 2.36. The van der Waals surface area contributed by atoms with Crippen molar-refractivity contribution in [2.75, 3.05) is 6.61 Å². The zero-order chi connectivity index (χ0) is 16.5. The van der Waals surface area contributed by atoms with Crippen LogP contribution >= 0.6 is 0 Å². The Hall–Kier alpha value is -1.45. The van der Waals surface area contributed by atoms with Crippen molar-refractivity contribution in [2.45, 2.75) is 60.3 Å². The van der Waals surface area contributed by atoms with Crippen molar-refractivity contribution >= 4 is 17.5 Å². The van der Waals surface area contributed by atoms with E-state index in [1.165, 1.54) is 0 Å². The second kappa shape index (κ2) is 6.35. The molecule has 2 unspecified atom stereocenters. The summed E-state index contributed by atoms with van der Waals surface area (Å²) in [6.07, 6.45) is 3.14. The first-order valence-corrected chi connectivity index (χ1v) is 8.28. The van der Waals surface area contributed by atoms with Crippen LogP contribution in [0, 0.1) is 17.3 Å². The van der Waals surface area contributed by atoms with Crippen LogP contribution in [0.4, 0.5) is 0 Å². The summed E-state index contributed by atoms with van der Waals surface area (Å²) >= 11 is 0. The summed E-state index contributed by atoms with van der Waals surface area (Å²) in [6, 6.07) is 0. The molecule has 122 valence electrons. The topological polar surface area (TPSA) is 55.7 Å². The number of rotatable bonds is 4. The quantitative estimate of drug-likeness (QED) is 0.744. The molecule has 1 saturated carbocycles. The minimum atomic E-state index is -0.307. The van der Waals surface area contributed by atoms with E-state index in [2.05, 4.69) is 25.8 Å². The largest absolute Gasteiger partial charge is 0.463 e. The molecule has 0 saturated heterocycles. The molecular formula is C18H27NO3. The Morgan fingerprint density at radius 3 is 2.59 bits per heavy atom. The summed E-state index contributed by atoms with van der Waals surface area (Å²) in [5.41, 5.74) is 2.27. The first-order valence-electron chi connectivity index (χ1n) is 8.28. The van der Waals surface area contributed by atoms with Crippen LogP contribution < -0.4 is 0 Å². The van der Waals surface area contributed by atoms with Crippen LogP contribution in [0.15, 0.2) is 16.3 Å². The number of ether oxygens (including phenoxy) is 1. The van der Waals surface area contributed by atoms with Gasteiger partial charge in [-0.25, -0.2) is 4.79 Å². The monoisotopic (exact) mass is 305 g/mol. The predicted octanol–water partition coefficient (Wildman–Crippen LogP) is 3.70. The molecular weight excluding hydrogens is 278 g/mol. The zero-order valence-electron chi connectivity index (χ0n) is 14.4. The number of carbonyl (C=O) groups is 2. The summed E-state index contributed by atoms with van der Waals surface area (Å²) in [5, 5.41) is 0. The number of nitrogens with zero attached hydrogens (tertiary/aromatic N) is 1. The third kappa shape index (κ3) is 3.16. The van der Waals surface area contributed by atoms with E-state index >= 15 is 0 Å². The van der Waals surface area contributed by atoms with E-state index in [0.29, 0.717) is 18.6 Å². The maximum absolute atomic E-state index is 12.7. The maximum Gasteiger partial charge on any atom is 0.336 e. The SMILES string of the molecule is CCCC1C(C(=O)OCC)=C(C)N=C2CC(C)(C)CC(=O)C21. The van der Waals surface area contributed by atoms with Crippen molar-refractivity contribution in [1.29, 1.82) is 0 Å². The first kappa shape index (κ1) is 16.9. The van der Waals surface area contributed by atoms with E-state index in [-0.39, 0.29) is 29.0 Å². The third-order valence-electron chi connectivity index (χ3n) is 4.59. The van der Waals surface area contributed by atoms with Gasteiger partial charge in [0.2, 0.25) is 0 Å². The number of esters is 1. The van der Waals surface area contributed by atoms with Crippen LogP contribution in [0.1, 0.15) is 60.3 Å². The summed E-state index contributed by atoms with van der Waals surface area (Å²) in [7, 11) is 0. The number of fused-ring (bicyclic) bond motifs is 1. The molecule has 22 heavy (non-hydrogen) atoms. The molecule has 4 nitrogen and oxygen atoms in total. The van der Waals surface area contributed by atoms with Gasteiger partial charge < -0.3 is 4.74 Å². The van der Waals surface area contributed by atoms with Gasteiger partial charge in [0.05, 0.1) is 18.1 Å². The Morgan fingerprint density at radius 1 is 1.32 bits per heavy atom. The van der Waals surface area contributed by atoms with Gasteiger partial charge in [-0.1, -0.05) is 27.2 Å². The Labute approximate surface area is 133 Å². The van der Waals surface area contributed by atoms with Crippen LogP contribution in [0.2, 0.25) is 0 Å². The van der Waals surface area contributed by atoms with Gasteiger partial charge in [0.15, 0.2) is 0 Å². The summed E-state index contributed by atoms with van der Waals surface area (Å²) < 4.78 is 5.21. The fourth-order valence-corrected chi connectivity index (χ4v) is 3.84. The lowest BCUT2D eigenvalue weighted by Gasteiger charge is -2.40. The molecule has 0 aromatic heterocycles. The molecule has 2 atom stereocenters. The van der Waals surface area contributed by atoms with Crippen molar-refractivity contribution < 1.29 is 14.3 Å². The summed E-state index contributed by atoms with van der Waals surface area (Å²) in [5.74, 6) is -0.377. The predicted molar refractivity (Wildman–Crippen MR) is 86.7 cm³/mol. The van der Waals surface area contributed by atoms with Crippen LogP contribution in [0.5, 0.6) is 0 Å². The Kier molecular flexibility index (Phi) is 4.88. The van der Waals surface area contributed by atoms with Gasteiger partial charge in [0.1, 0.15) is 5.78 Å². The first-order chi connectivity index (χ1) is 10.3. The number of allylic oxidation sites excluding steroid dienone is 1. The molecule has 0 spiro atoms. The second-order valence-electron chi connectivity index (χ2n) is 7.18. The molecule has 1 fully saturated rings. The van der Waals surface area contributed by atoms with Gasteiger partial charge in [-0.2, -0.15) is 0 Å². The van der Waals surface area contributed by atoms with E-state index in [0.717, 1.165) is 30.7 Å². The van der Waals surface area contributed by atoms with E-state index in [9.17, 15) is 9.59 Å². The molecule has 1 heterocycles. The molecule has 0 radical (unpaired) electrons. The standard InChI is InChI=1S/C18H27NO3/c1-6-8-12-15(17(21)22-7-2)11(3)19-13-9-18(4,5)10-14(20)16(12)13/h12,16H,6-10H2,1-5H3. The minimum Gasteiger partial charge on any atom is -0.463 e. The fraction of sp³-hybridized carbons (Fsp3) is 0.722. The highest BCUT2D eigenvalue weighted by molar-refractivity contribution is 6.11. The Bertz CT molecular complexity index is 543. The van der Waals surface area contributed by atoms with Gasteiger partial charge in [-0.3, -0.25) is 9.79 Å². The molecule has 2 aliphatic rings. The fourth-order valence-electron chi connectivity index (χ4n) is 3.84. The average molecular weight is 305 g/mol. The molecule has 4 heteroatoms. The van der Waals surface area contributed by atoms with Gasteiger partial charge in [-0.05, 0) is 32.1 Å². The normalized spacial score (nSPS) is 27.3. The lowest BCUT2D eigenvalue weighted by Crippen LogP contribution is -2.45. The van der Waals surface area contributed by atoms with Gasteiger partial charge in [-0.15, -0.1) is 0 Å². The molecule has 0 aromatic rings. The lowest BCUT2D eigenvalue weighted by molar-refractivity contribution is -0.139. The zero-order valence-corrected chi connectivity index (χ0v) is 14.4. The van der Waals surface area contributed by atoms with E-state index in [1.54, 1.807) is 6.92 Å². The van der Waals surface area contributed by atoms with Gasteiger partial charge in [0, 0.05) is 23.7 Å². The second-order valence-corrected chi connectivity index (χ2v) is 7.18. The number of aliphatic imine (C=N–C) groups is 1. The van der Waals surface area contributed by atoms with Crippen molar-refractivity contribution in [2.24, 2.45) is 22.2 Å². The number of carbonyl (C=O) groups excluding carboxylic acids is 2. The maximum atomic E-state index is 12.7. The number of ketones is 1. The highest BCUT2D eigenvalue weighted by Crippen LogP contribution is 2.44. The molecule has 0 aromatic carbocycles.